The van der Waals surface area contributed by atoms with Gasteiger partial charge in [0.25, 0.3) is 5.91 Å². The first-order chi connectivity index (χ1) is 12.8. The molecule has 2 aromatic heterocycles. The lowest BCUT2D eigenvalue weighted by atomic mass is 10.1. The van der Waals surface area contributed by atoms with Crippen molar-refractivity contribution in [2.24, 2.45) is 0 Å². The number of thiazole rings is 1. The molecule has 0 unspecified atom stereocenters. The van der Waals surface area contributed by atoms with Gasteiger partial charge in [-0.1, -0.05) is 18.2 Å². The molecule has 0 aliphatic heterocycles. The number of aromatic nitrogens is 2. The first kappa shape index (κ1) is 19.0. The van der Waals surface area contributed by atoms with E-state index in [1.165, 1.54) is 12.1 Å². The molecule has 0 spiro atoms. The van der Waals surface area contributed by atoms with Gasteiger partial charge in [0.05, 0.1) is 11.3 Å². The van der Waals surface area contributed by atoms with Crippen molar-refractivity contribution < 1.29 is 18.0 Å². The van der Waals surface area contributed by atoms with Crippen LogP contribution in [-0.4, -0.2) is 22.4 Å². The molecular formula is C19H16F3N3OS. The average Bonchev–Trinajstić information content (AvgIpc) is 3.04. The van der Waals surface area contributed by atoms with Gasteiger partial charge in [0, 0.05) is 30.4 Å². The van der Waals surface area contributed by atoms with Crippen molar-refractivity contribution in [3.63, 3.8) is 0 Å². The van der Waals surface area contributed by atoms with E-state index in [1.54, 1.807) is 13.1 Å². The highest BCUT2D eigenvalue weighted by Gasteiger charge is 2.30. The summed E-state index contributed by atoms with van der Waals surface area (Å²) in [7, 11) is 0. The highest BCUT2D eigenvalue weighted by atomic mass is 32.1. The molecule has 0 atom stereocenters. The molecule has 0 radical (unpaired) electrons. The number of nitrogens with zero attached hydrogens (tertiary/aromatic N) is 2. The Morgan fingerprint density at radius 3 is 2.52 bits per heavy atom. The maximum Gasteiger partial charge on any atom is 0.416 e. The van der Waals surface area contributed by atoms with Crippen LogP contribution < -0.4 is 5.32 Å². The Morgan fingerprint density at radius 1 is 1.15 bits per heavy atom. The molecule has 3 aromatic rings. The van der Waals surface area contributed by atoms with Crippen molar-refractivity contribution >= 4 is 17.2 Å². The summed E-state index contributed by atoms with van der Waals surface area (Å²) in [4.78, 5) is 21.3. The SMILES string of the molecule is Cc1nc(-c2ccc(C(F)(F)F)cc2)sc1C(=O)NCCc1ccccn1. The highest BCUT2D eigenvalue weighted by molar-refractivity contribution is 7.17. The van der Waals surface area contributed by atoms with Crippen molar-refractivity contribution in [2.45, 2.75) is 19.5 Å². The van der Waals surface area contributed by atoms with E-state index < -0.39 is 11.7 Å². The molecular weight excluding hydrogens is 375 g/mol. The predicted octanol–water partition coefficient (Wildman–Crippen LogP) is 4.50. The number of pyridine rings is 1. The van der Waals surface area contributed by atoms with E-state index in [4.69, 9.17) is 0 Å². The summed E-state index contributed by atoms with van der Waals surface area (Å²) in [6, 6.07) is 10.3. The van der Waals surface area contributed by atoms with Gasteiger partial charge in [-0.2, -0.15) is 13.2 Å². The minimum Gasteiger partial charge on any atom is -0.351 e. The van der Waals surface area contributed by atoms with Crippen LogP contribution in [0.15, 0.2) is 48.7 Å². The van der Waals surface area contributed by atoms with E-state index in [1.807, 2.05) is 18.2 Å². The molecule has 8 heteroatoms. The van der Waals surface area contributed by atoms with E-state index in [2.05, 4.69) is 15.3 Å². The van der Waals surface area contributed by atoms with Gasteiger partial charge in [-0.05, 0) is 31.2 Å². The number of rotatable bonds is 5. The number of hydrogen-bond acceptors (Lipinski definition) is 4. The second-order valence-corrected chi connectivity index (χ2v) is 6.83. The second-order valence-electron chi connectivity index (χ2n) is 5.84. The van der Waals surface area contributed by atoms with Crippen molar-refractivity contribution in [1.29, 1.82) is 0 Å². The van der Waals surface area contributed by atoms with Crippen molar-refractivity contribution in [2.75, 3.05) is 6.54 Å². The minimum absolute atomic E-state index is 0.251. The summed E-state index contributed by atoms with van der Waals surface area (Å²) in [6.07, 6.45) is -2.08. The Balaban J connectivity index is 1.67. The lowest BCUT2D eigenvalue weighted by molar-refractivity contribution is -0.137. The zero-order chi connectivity index (χ0) is 19.4. The normalized spacial score (nSPS) is 11.4. The van der Waals surface area contributed by atoms with Gasteiger partial charge in [0.15, 0.2) is 0 Å². The van der Waals surface area contributed by atoms with Crippen molar-refractivity contribution in [3.8, 4) is 10.6 Å². The first-order valence-electron chi connectivity index (χ1n) is 8.18. The number of benzene rings is 1. The van der Waals surface area contributed by atoms with Crippen molar-refractivity contribution in [3.05, 3.63) is 70.5 Å². The average molecular weight is 391 g/mol. The molecule has 0 aliphatic carbocycles. The third-order valence-electron chi connectivity index (χ3n) is 3.85. The Kier molecular flexibility index (Phi) is 5.55. The van der Waals surface area contributed by atoms with E-state index >= 15 is 0 Å². The monoisotopic (exact) mass is 391 g/mol. The molecule has 0 saturated heterocycles. The molecule has 3 rings (SSSR count). The van der Waals surface area contributed by atoms with E-state index in [9.17, 15) is 18.0 Å². The number of nitrogens with one attached hydrogen (secondary N) is 1. The number of alkyl halides is 3. The Labute approximate surface area is 158 Å². The summed E-state index contributed by atoms with van der Waals surface area (Å²) in [5, 5.41) is 3.34. The number of amides is 1. The molecule has 0 aliphatic rings. The lowest BCUT2D eigenvalue weighted by Gasteiger charge is -2.06. The zero-order valence-electron chi connectivity index (χ0n) is 14.4. The van der Waals surface area contributed by atoms with Gasteiger partial charge in [-0.15, -0.1) is 11.3 Å². The molecule has 0 bridgehead atoms. The lowest BCUT2D eigenvalue weighted by Crippen LogP contribution is -2.25. The molecule has 0 fully saturated rings. The Hall–Kier alpha value is -2.74. The first-order valence-corrected chi connectivity index (χ1v) is 8.99. The van der Waals surface area contributed by atoms with Gasteiger partial charge in [0.2, 0.25) is 0 Å². The Bertz CT molecular complexity index is 922. The van der Waals surface area contributed by atoms with Crippen LogP contribution in [0.3, 0.4) is 0 Å². The number of carbonyl (C=O) groups is 1. The van der Waals surface area contributed by atoms with Crippen LogP contribution in [0.4, 0.5) is 13.2 Å². The summed E-state index contributed by atoms with van der Waals surface area (Å²) < 4.78 is 38.0. The summed E-state index contributed by atoms with van der Waals surface area (Å²) in [5.41, 5.74) is 1.25. The fourth-order valence-electron chi connectivity index (χ4n) is 2.46. The second kappa shape index (κ2) is 7.87. The third kappa shape index (κ3) is 4.71. The van der Waals surface area contributed by atoms with Gasteiger partial charge in [-0.3, -0.25) is 9.78 Å². The van der Waals surface area contributed by atoms with Gasteiger partial charge >= 0.3 is 6.18 Å². The third-order valence-corrected chi connectivity index (χ3v) is 5.06. The molecule has 1 N–H and O–H groups in total. The quantitative estimate of drug-likeness (QED) is 0.697. The maximum atomic E-state index is 12.7. The van der Waals surface area contributed by atoms with Gasteiger partial charge < -0.3 is 5.32 Å². The summed E-state index contributed by atoms with van der Waals surface area (Å²) >= 11 is 1.16. The standard InChI is InChI=1S/C19H16F3N3OS/c1-12-16(17(26)24-11-9-15-4-2-3-10-23-15)27-18(25-12)13-5-7-14(8-6-13)19(20,21)22/h2-8,10H,9,11H2,1H3,(H,24,26). The Morgan fingerprint density at radius 2 is 1.89 bits per heavy atom. The largest absolute Gasteiger partial charge is 0.416 e. The molecule has 1 amide bonds. The smallest absolute Gasteiger partial charge is 0.351 e. The molecule has 2 heterocycles. The van der Waals surface area contributed by atoms with E-state index in [0.29, 0.717) is 34.1 Å². The van der Waals surface area contributed by atoms with Crippen LogP contribution in [0, 0.1) is 6.92 Å². The fourth-order valence-corrected chi connectivity index (χ4v) is 3.45. The summed E-state index contributed by atoms with van der Waals surface area (Å²) in [6.45, 7) is 2.14. The highest BCUT2D eigenvalue weighted by Crippen LogP contribution is 2.32. The van der Waals surface area contributed by atoms with Gasteiger partial charge in [-0.25, -0.2) is 4.98 Å². The molecule has 1 aromatic carbocycles. The van der Waals surface area contributed by atoms with Crippen LogP contribution in [0.1, 0.15) is 26.6 Å². The van der Waals surface area contributed by atoms with Gasteiger partial charge in [0.1, 0.15) is 9.88 Å². The van der Waals surface area contributed by atoms with Crippen LogP contribution in [0.2, 0.25) is 0 Å². The fraction of sp³-hybridized carbons (Fsp3) is 0.211. The van der Waals surface area contributed by atoms with E-state index in [-0.39, 0.29) is 5.91 Å². The molecule has 140 valence electrons. The number of hydrogen-bond donors (Lipinski definition) is 1. The summed E-state index contributed by atoms with van der Waals surface area (Å²) in [5.74, 6) is -0.251. The zero-order valence-corrected chi connectivity index (χ0v) is 15.2. The van der Waals surface area contributed by atoms with Crippen LogP contribution in [0.25, 0.3) is 10.6 Å². The van der Waals surface area contributed by atoms with Crippen LogP contribution in [0.5, 0.6) is 0 Å². The number of aryl methyl sites for hydroxylation is 1. The molecule has 0 saturated carbocycles. The predicted molar refractivity (Wildman–Crippen MR) is 97.6 cm³/mol. The topological polar surface area (TPSA) is 54.9 Å². The van der Waals surface area contributed by atoms with Crippen molar-refractivity contribution in [1.82, 2.24) is 15.3 Å². The molecule has 4 nitrogen and oxygen atoms in total. The molecule has 27 heavy (non-hydrogen) atoms. The number of carbonyl (C=O) groups excluding carboxylic acids is 1. The van der Waals surface area contributed by atoms with E-state index in [0.717, 1.165) is 29.2 Å². The van der Waals surface area contributed by atoms with Crippen LogP contribution >= 0.6 is 11.3 Å². The van der Waals surface area contributed by atoms with Crippen LogP contribution in [-0.2, 0) is 12.6 Å². The maximum absolute atomic E-state index is 12.7. The minimum atomic E-state index is -4.38. The number of halogens is 3.